The molecule has 30 heavy (non-hydrogen) atoms. The number of carbonyl (C=O) groups is 1. The van der Waals surface area contributed by atoms with Crippen LogP contribution in [0.5, 0.6) is 0 Å². The van der Waals surface area contributed by atoms with Crippen molar-refractivity contribution in [3.05, 3.63) is 76.9 Å². The number of aryl methyl sites for hydroxylation is 2. The molecule has 0 unspecified atom stereocenters. The van der Waals surface area contributed by atoms with Crippen LogP contribution >= 0.6 is 0 Å². The predicted octanol–water partition coefficient (Wildman–Crippen LogP) is 4.56. The molecule has 0 aliphatic rings. The van der Waals surface area contributed by atoms with Gasteiger partial charge < -0.3 is 9.88 Å². The second kappa shape index (κ2) is 8.31. The molecule has 8 heteroatoms. The maximum Gasteiger partial charge on any atom is 0.257 e. The topological polar surface area (TPSA) is 80.2 Å². The summed E-state index contributed by atoms with van der Waals surface area (Å²) in [6.45, 7) is 6.90. The minimum atomic E-state index is -3.38. The molecule has 1 heterocycles. The van der Waals surface area contributed by atoms with Crippen molar-refractivity contribution < 1.29 is 17.6 Å². The molecule has 6 nitrogen and oxygen atoms in total. The number of carbonyl (C=O) groups excluding carboxylic acids is 1. The molecule has 0 saturated carbocycles. The molecule has 0 atom stereocenters. The highest BCUT2D eigenvalue weighted by molar-refractivity contribution is 7.92. The van der Waals surface area contributed by atoms with Gasteiger partial charge in [0.1, 0.15) is 5.82 Å². The zero-order chi connectivity index (χ0) is 22.1. The normalized spacial score (nSPS) is 11.4. The van der Waals surface area contributed by atoms with Crippen LogP contribution in [0.3, 0.4) is 0 Å². The molecule has 3 aromatic rings. The summed E-state index contributed by atoms with van der Waals surface area (Å²) < 4.78 is 42.0. The molecule has 3 rings (SSSR count). The van der Waals surface area contributed by atoms with Gasteiger partial charge in [0, 0.05) is 17.1 Å². The van der Waals surface area contributed by atoms with E-state index < -0.39 is 10.0 Å². The number of halogens is 1. The fourth-order valence-corrected chi connectivity index (χ4v) is 4.00. The van der Waals surface area contributed by atoms with E-state index in [0.29, 0.717) is 33.9 Å². The summed E-state index contributed by atoms with van der Waals surface area (Å²) in [5.41, 5.74) is 3.86. The second-order valence-corrected chi connectivity index (χ2v) is 9.07. The van der Waals surface area contributed by atoms with Gasteiger partial charge in [-0.25, -0.2) is 12.8 Å². The number of hydrogen-bond acceptors (Lipinski definition) is 3. The van der Waals surface area contributed by atoms with Crippen molar-refractivity contribution in [2.24, 2.45) is 0 Å². The third kappa shape index (κ3) is 4.38. The Morgan fingerprint density at radius 3 is 2.40 bits per heavy atom. The van der Waals surface area contributed by atoms with Crippen LogP contribution in [0.15, 0.2) is 48.5 Å². The Kier molecular flexibility index (Phi) is 5.98. The highest BCUT2D eigenvalue weighted by Crippen LogP contribution is 2.25. The van der Waals surface area contributed by atoms with E-state index in [1.807, 2.05) is 6.92 Å². The molecular formula is C22H24FN3O3S. The predicted molar refractivity (Wildman–Crippen MR) is 117 cm³/mol. The number of amides is 1. The Labute approximate surface area is 175 Å². The van der Waals surface area contributed by atoms with Crippen LogP contribution in [0, 0.1) is 26.6 Å². The lowest BCUT2D eigenvalue weighted by atomic mass is 10.1. The summed E-state index contributed by atoms with van der Waals surface area (Å²) in [5, 5.41) is 2.83. The van der Waals surface area contributed by atoms with E-state index in [4.69, 9.17) is 0 Å². The lowest BCUT2D eigenvalue weighted by Gasteiger charge is -2.12. The number of hydrogen-bond donors (Lipinski definition) is 2. The molecule has 0 saturated heterocycles. The van der Waals surface area contributed by atoms with Crippen LogP contribution < -0.4 is 10.0 Å². The smallest absolute Gasteiger partial charge is 0.257 e. The first-order chi connectivity index (χ1) is 14.1. The molecule has 1 amide bonds. The molecule has 0 aliphatic heterocycles. The average Bonchev–Trinajstić information content (AvgIpc) is 2.99. The molecule has 0 fully saturated rings. The standard InChI is InChI=1S/C22H24FN3O3S/c1-5-30(28,29)25-20-11-10-17(12-14(20)2)24-22(27)18-13-15(3)26(16(18)4)21-9-7-6-8-19(21)23/h6-13,25H,5H2,1-4H3,(H,24,27). The van der Waals surface area contributed by atoms with E-state index in [2.05, 4.69) is 10.0 Å². The third-order valence-electron chi connectivity index (χ3n) is 4.90. The number of anilines is 2. The SMILES string of the molecule is CCS(=O)(=O)Nc1ccc(NC(=O)c2cc(C)n(-c3ccccc3F)c2C)cc1C. The fourth-order valence-electron chi connectivity index (χ4n) is 3.29. The molecule has 158 valence electrons. The second-order valence-electron chi connectivity index (χ2n) is 7.06. The van der Waals surface area contributed by atoms with Crippen LogP contribution in [0.2, 0.25) is 0 Å². The van der Waals surface area contributed by atoms with Gasteiger partial charge >= 0.3 is 0 Å². The largest absolute Gasteiger partial charge is 0.322 e. The number of para-hydroxylation sites is 1. The average molecular weight is 430 g/mol. The first-order valence-electron chi connectivity index (χ1n) is 9.49. The summed E-state index contributed by atoms with van der Waals surface area (Å²) in [7, 11) is -3.38. The fraction of sp³-hybridized carbons (Fsp3) is 0.227. The van der Waals surface area contributed by atoms with Crippen molar-refractivity contribution >= 4 is 27.3 Å². The molecular weight excluding hydrogens is 405 g/mol. The van der Waals surface area contributed by atoms with E-state index in [0.717, 1.165) is 5.69 Å². The number of sulfonamides is 1. The maximum atomic E-state index is 14.2. The Bertz CT molecular complexity index is 1220. The molecule has 0 aliphatic carbocycles. The summed E-state index contributed by atoms with van der Waals surface area (Å²) in [4.78, 5) is 12.9. The van der Waals surface area contributed by atoms with Crippen molar-refractivity contribution in [3.63, 3.8) is 0 Å². The van der Waals surface area contributed by atoms with E-state index >= 15 is 0 Å². The Balaban J connectivity index is 1.86. The van der Waals surface area contributed by atoms with Gasteiger partial charge in [-0.05, 0) is 69.7 Å². The van der Waals surface area contributed by atoms with Crippen molar-refractivity contribution in [2.45, 2.75) is 27.7 Å². The Hall–Kier alpha value is -3.13. The monoisotopic (exact) mass is 429 g/mol. The lowest BCUT2D eigenvalue weighted by Crippen LogP contribution is -2.16. The molecule has 2 N–H and O–H groups in total. The van der Waals surface area contributed by atoms with Crippen molar-refractivity contribution in [2.75, 3.05) is 15.8 Å². The van der Waals surface area contributed by atoms with Crippen molar-refractivity contribution in [1.29, 1.82) is 0 Å². The molecule has 0 spiro atoms. The van der Waals surface area contributed by atoms with Gasteiger partial charge in [0.2, 0.25) is 10.0 Å². The number of aromatic nitrogens is 1. The van der Waals surface area contributed by atoms with Gasteiger partial charge in [-0.3, -0.25) is 9.52 Å². The van der Waals surface area contributed by atoms with Crippen LogP contribution in [-0.2, 0) is 10.0 Å². The minimum Gasteiger partial charge on any atom is -0.322 e. The van der Waals surface area contributed by atoms with Gasteiger partial charge in [-0.1, -0.05) is 12.1 Å². The molecule has 1 aromatic heterocycles. The summed E-state index contributed by atoms with van der Waals surface area (Å²) in [6.07, 6.45) is 0. The van der Waals surface area contributed by atoms with Crippen LogP contribution in [-0.4, -0.2) is 24.6 Å². The number of rotatable bonds is 6. The van der Waals surface area contributed by atoms with E-state index in [-0.39, 0.29) is 17.5 Å². The van der Waals surface area contributed by atoms with E-state index in [9.17, 15) is 17.6 Å². The Morgan fingerprint density at radius 1 is 1.07 bits per heavy atom. The quantitative estimate of drug-likeness (QED) is 0.603. The number of nitrogens with zero attached hydrogens (tertiary/aromatic N) is 1. The molecule has 2 aromatic carbocycles. The van der Waals surface area contributed by atoms with Gasteiger partial charge in [0.05, 0.1) is 22.7 Å². The van der Waals surface area contributed by atoms with E-state index in [1.54, 1.807) is 67.8 Å². The highest BCUT2D eigenvalue weighted by atomic mass is 32.2. The number of benzene rings is 2. The lowest BCUT2D eigenvalue weighted by molar-refractivity contribution is 0.102. The third-order valence-corrected chi connectivity index (χ3v) is 6.19. The van der Waals surface area contributed by atoms with E-state index in [1.165, 1.54) is 6.07 Å². The summed E-state index contributed by atoms with van der Waals surface area (Å²) in [5.74, 6) is -0.721. The van der Waals surface area contributed by atoms with Crippen LogP contribution in [0.1, 0.15) is 34.2 Å². The number of nitrogens with one attached hydrogen (secondary N) is 2. The zero-order valence-corrected chi connectivity index (χ0v) is 18.1. The van der Waals surface area contributed by atoms with Gasteiger partial charge in [0.15, 0.2) is 0 Å². The van der Waals surface area contributed by atoms with Crippen molar-refractivity contribution in [3.8, 4) is 5.69 Å². The molecule has 0 radical (unpaired) electrons. The zero-order valence-electron chi connectivity index (χ0n) is 17.3. The highest BCUT2D eigenvalue weighted by Gasteiger charge is 2.19. The molecule has 0 bridgehead atoms. The van der Waals surface area contributed by atoms with Gasteiger partial charge in [-0.15, -0.1) is 0 Å². The van der Waals surface area contributed by atoms with Crippen LogP contribution in [0.25, 0.3) is 5.69 Å². The Morgan fingerprint density at radius 2 is 1.77 bits per heavy atom. The summed E-state index contributed by atoms with van der Waals surface area (Å²) >= 11 is 0. The van der Waals surface area contributed by atoms with Crippen molar-refractivity contribution in [1.82, 2.24) is 4.57 Å². The van der Waals surface area contributed by atoms with Gasteiger partial charge in [-0.2, -0.15) is 0 Å². The summed E-state index contributed by atoms with van der Waals surface area (Å²) in [6, 6.07) is 13.1. The maximum absolute atomic E-state index is 14.2. The minimum absolute atomic E-state index is 0.0252. The van der Waals surface area contributed by atoms with Gasteiger partial charge in [0.25, 0.3) is 5.91 Å². The van der Waals surface area contributed by atoms with Crippen LogP contribution in [0.4, 0.5) is 15.8 Å². The first-order valence-corrected chi connectivity index (χ1v) is 11.1. The first kappa shape index (κ1) is 21.6.